The van der Waals surface area contributed by atoms with Crippen LogP contribution < -0.4 is 0 Å². The summed E-state index contributed by atoms with van der Waals surface area (Å²) in [6.07, 6.45) is 11.1. The second-order valence-electron chi connectivity index (χ2n) is 9.36. The van der Waals surface area contributed by atoms with Gasteiger partial charge in [0.15, 0.2) is 0 Å². The van der Waals surface area contributed by atoms with Crippen molar-refractivity contribution in [3.05, 3.63) is 47.0 Å². The van der Waals surface area contributed by atoms with E-state index < -0.39 is 11.8 Å². The summed E-state index contributed by atoms with van der Waals surface area (Å²) in [6, 6.07) is 6.19. The molecule has 30 heavy (non-hydrogen) atoms. The van der Waals surface area contributed by atoms with Gasteiger partial charge < -0.3 is 4.74 Å². The van der Waals surface area contributed by atoms with Gasteiger partial charge in [-0.15, -0.1) is 0 Å². The van der Waals surface area contributed by atoms with Gasteiger partial charge in [-0.25, -0.2) is 13.6 Å². The van der Waals surface area contributed by atoms with Crippen molar-refractivity contribution >= 4 is 16.7 Å². The zero-order chi connectivity index (χ0) is 21.3. The van der Waals surface area contributed by atoms with Gasteiger partial charge in [0.05, 0.1) is 12.7 Å². The minimum Gasteiger partial charge on any atom is -0.465 e. The van der Waals surface area contributed by atoms with Crippen molar-refractivity contribution in [1.82, 2.24) is 0 Å². The van der Waals surface area contributed by atoms with Gasteiger partial charge in [0.1, 0.15) is 11.6 Å². The van der Waals surface area contributed by atoms with E-state index in [9.17, 15) is 9.18 Å². The number of carbonyl (C=O) groups is 1. The van der Waals surface area contributed by atoms with E-state index in [1.165, 1.54) is 58.1 Å². The van der Waals surface area contributed by atoms with Crippen molar-refractivity contribution in [1.29, 1.82) is 0 Å². The van der Waals surface area contributed by atoms with E-state index in [-0.39, 0.29) is 22.7 Å². The summed E-state index contributed by atoms with van der Waals surface area (Å²) in [5.74, 6) is 0.753. The van der Waals surface area contributed by atoms with E-state index in [0.717, 1.165) is 30.7 Å². The first-order valence-electron chi connectivity index (χ1n) is 11.5. The Hall–Kier alpha value is -1.97. The Bertz CT molecular complexity index is 923. The van der Waals surface area contributed by atoms with E-state index in [2.05, 4.69) is 11.7 Å². The molecule has 4 rings (SSSR count). The van der Waals surface area contributed by atoms with Gasteiger partial charge in [0.25, 0.3) is 0 Å². The van der Waals surface area contributed by atoms with Crippen molar-refractivity contribution in [2.45, 2.75) is 70.6 Å². The van der Waals surface area contributed by atoms with Crippen LogP contribution in [-0.2, 0) is 4.74 Å². The molecule has 2 nitrogen and oxygen atoms in total. The molecule has 2 aromatic carbocycles. The highest BCUT2D eigenvalue weighted by molar-refractivity contribution is 5.96. The predicted molar refractivity (Wildman–Crippen MR) is 116 cm³/mol. The number of benzene rings is 2. The smallest absolute Gasteiger partial charge is 0.340 e. The Morgan fingerprint density at radius 2 is 1.83 bits per heavy atom. The van der Waals surface area contributed by atoms with Crippen LogP contribution in [0.3, 0.4) is 0 Å². The third-order valence-electron chi connectivity index (χ3n) is 7.60. The van der Waals surface area contributed by atoms with Crippen LogP contribution in [0.15, 0.2) is 24.3 Å². The van der Waals surface area contributed by atoms with E-state index in [1.54, 1.807) is 0 Å². The standard InChI is InChI=1S/C26H32F2O2/c1-3-4-5-16-6-7-18-13-19(9-8-17(18)12-16)21-11-10-20-14-23(26(29)30-2)24(27)15-22(20)25(21)28/h10-11,14-19H,3-9,12-13H2,1-2H3/t16?,17-,18+,19?/m0/s1. The van der Waals surface area contributed by atoms with Gasteiger partial charge in [0, 0.05) is 5.39 Å². The summed E-state index contributed by atoms with van der Waals surface area (Å²) in [5.41, 5.74) is 0.553. The lowest BCUT2D eigenvalue weighted by molar-refractivity contribution is 0.0595. The van der Waals surface area contributed by atoms with Crippen LogP contribution in [0.4, 0.5) is 8.78 Å². The fourth-order valence-electron chi connectivity index (χ4n) is 5.93. The maximum absolute atomic E-state index is 15.4. The molecule has 0 heterocycles. The van der Waals surface area contributed by atoms with Gasteiger partial charge in [-0.2, -0.15) is 0 Å². The van der Waals surface area contributed by atoms with Crippen LogP contribution in [0.1, 0.15) is 86.6 Å². The van der Waals surface area contributed by atoms with Crippen molar-refractivity contribution in [3.63, 3.8) is 0 Å². The highest BCUT2D eigenvalue weighted by Gasteiger charge is 2.36. The lowest BCUT2D eigenvalue weighted by Gasteiger charge is -2.42. The molecule has 0 spiro atoms. The Kier molecular flexibility index (Phi) is 6.40. The molecule has 0 saturated heterocycles. The number of fused-ring (bicyclic) bond motifs is 2. The Labute approximate surface area is 178 Å². The molecule has 2 unspecified atom stereocenters. The first-order chi connectivity index (χ1) is 14.5. The van der Waals surface area contributed by atoms with Crippen molar-refractivity contribution in [3.8, 4) is 0 Å². The van der Waals surface area contributed by atoms with Gasteiger partial charge in [0.2, 0.25) is 0 Å². The molecule has 0 aromatic heterocycles. The number of ether oxygens (including phenoxy) is 1. The monoisotopic (exact) mass is 414 g/mol. The number of rotatable bonds is 5. The second-order valence-corrected chi connectivity index (χ2v) is 9.36. The number of carbonyl (C=O) groups excluding carboxylic acids is 1. The van der Waals surface area contributed by atoms with Crippen molar-refractivity contribution in [2.24, 2.45) is 17.8 Å². The number of hydrogen-bond acceptors (Lipinski definition) is 2. The molecule has 0 amide bonds. The van der Waals surface area contributed by atoms with Crippen molar-refractivity contribution < 1.29 is 18.3 Å². The third-order valence-corrected chi connectivity index (χ3v) is 7.60. The van der Waals surface area contributed by atoms with E-state index in [4.69, 9.17) is 0 Å². The molecule has 0 aliphatic heterocycles. The highest BCUT2D eigenvalue weighted by atomic mass is 19.1. The van der Waals surface area contributed by atoms with Crippen LogP contribution in [0.2, 0.25) is 0 Å². The molecule has 0 N–H and O–H groups in total. The summed E-state index contributed by atoms with van der Waals surface area (Å²) in [5, 5.41) is 0.784. The maximum Gasteiger partial charge on any atom is 0.340 e. The third kappa shape index (κ3) is 4.10. The average Bonchev–Trinajstić information content (AvgIpc) is 2.77. The second kappa shape index (κ2) is 9.03. The molecule has 4 atom stereocenters. The Balaban J connectivity index is 1.53. The predicted octanol–water partition coefficient (Wildman–Crippen LogP) is 7.39. The minimum absolute atomic E-state index is 0.155. The zero-order valence-corrected chi connectivity index (χ0v) is 18.1. The normalized spacial score (nSPS) is 26.4. The average molecular weight is 415 g/mol. The van der Waals surface area contributed by atoms with Gasteiger partial charge in [-0.05, 0) is 78.9 Å². The van der Waals surface area contributed by atoms with Gasteiger partial charge in [-0.1, -0.05) is 44.7 Å². The number of halogens is 2. The number of unbranched alkanes of at least 4 members (excludes halogenated alkanes) is 1. The van der Waals surface area contributed by atoms with Crippen molar-refractivity contribution in [2.75, 3.05) is 7.11 Å². The zero-order valence-electron chi connectivity index (χ0n) is 18.1. The molecule has 162 valence electrons. The quantitative estimate of drug-likeness (QED) is 0.477. The fraction of sp³-hybridized carbons (Fsp3) is 0.577. The van der Waals surface area contributed by atoms with E-state index in [0.29, 0.717) is 16.9 Å². The summed E-state index contributed by atoms with van der Waals surface area (Å²) in [6.45, 7) is 2.26. The first kappa shape index (κ1) is 21.3. The molecule has 2 aliphatic carbocycles. The fourth-order valence-corrected chi connectivity index (χ4v) is 5.93. The molecule has 0 radical (unpaired) electrons. The molecule has 2 aromatic rings. The highest BCUT2D eigenvalue weighted by Crippen LogP contribution is 2.49. The number of hydrogen-bond donors (Lipinski definition) is 0. The summed E-state index contributed by atoms with van der Waals surface area (Å²) in [4.78, 5) is 11.7. The van der Waals surface area contributed by atoms with Gasteiger partial charge in [-0.3, -0.25) is 0 Å². The van der Waals surface area contributed by atoms with E-state index in [1.807, 2.05) is 12.1 Å². The van der Waals surface area contributed by atoms with Crippen LogP contribution in [0, 0.1) is 29.4 Å². The molecule has 4 heteroatoms. The Morgan fingerprint density at radius 3 is 2.60 bits per heavy atom. The Morgan fingerprint density at radius 1 is 1.07 bits per heavy atom. The van der Waals surface area contributed by atoms with Crippen LogP contribution in [-0.4, -0.2) is 13.1 Å². The molecular formula is C26H32F2O2. The van der Waals surface area contributed by atoms with Crippen LogP contribution in [0.25, 0.3) is 10.8 Å². The molecule has 2 aliphatic rings. The molecule has 0 bridgehead atoms. The molecule has 2 saturated carbocycles. The minimum atomic E-state index is -0.744. The molecular weight excluding hydrogens is 382 g/mol. The van der Waals surface area contributed by atoms with Crippen LogP contribution >= 0.6 is 0 Å². The number of methoxy groups -OCH3 is 1. The largest absolute Gasteiger partial charge is 0.465 e. The lowest BCUT2D eigenvalue weighted by atomic mass is 9.63. The van der Waals surface area contributed by atoms with Crippen LogP contribution in [0.5, 0.6) is 0 Å². The van der Waals surface area contributed by atoms with E-state index >= 15 is 4.39 Å². The lowest BCUT2D eigenvalue weighted by Crippen LogP contribution is -2.30. The maximum atomic E-state index is 15.4. The summed E-state index contributed by atoms with van der Waals surface area (Å²) in [7, 11) is 1.21. The SMILES string of the molecule is CCCCC1CC[C@@H]2CC(c3ccc4cc(C(=O)OC)c(F)cc4c3F)CC[C@H]2C1. The summed E-state index contributed by atoms with van der Waals surface area (Å²) >= 11 is 0. The summed E-state index contributed by atoms with van der Waals surface area (Å²) < 4.78 is 34.4. The topological polar surface area (TPSA) is 26.3 Å². The van der Waals surface area contributed by atoms with Gasteiger partial charge >= 0.3 is 5.97 Å². The number of esters is 1. The first-order valence-corrected chi connectivity index (χ1v) is 11.5. The molecule has 2 fully saturated rings.